The molecule has 28 heavy (non-hydrogen) atoms. The third kappa shape index (κ3) is 5.65. The summed E-state index contributed by atoms with van der Waals surface area (Å²) in [6.45, 7) is 7.68. The molecule has 1 aliphatic rings. The fraction of sp³-hybridized carbons (Fsp3) is 0.435. The van der Waals surface area contributed by atoms with Gasteiger partial charge in [0.05, 0.1) is 12.3 Å². The normalized spacial score (nSPS) is 14.6. The van der Waals surface area contributed by atoms with E-state index in [2.05, 4.69) is 34.6 Å². The van der Waals surface area contributed by atoms with E-state index >= 15 is 0 Å². The molecule has 0 saturated carbocycles. The fourth-order valence-corrected chi connectivity index (χ4v) is 3.45. The summed E-state index contributed by atoms with van der Waals surface area (Å²) in [5.74, 6) is 1.64. The van der Waals surface area contributed by atoms with Gasteiger partial charge in [0.2, 0.25) is 5.91 Å². The van der Waals surface area contributed by atoms with E-state index in [4.69, 9.17) is 4.74 Å². The average molecular weight is 382 g/mol. The van der Waals surface area contributed by atoms with E-state index < -0.39 is 0 Å². The fourth-order valence-electron chi connectivity index (χ4n) is 3.45. The second-order valence-corrected chi connectivity index (χ2v) is 7.37. The standard InChI is InChI=1S/C23H31N3O2/c1-3-28-22-7-5-4-6-21(22)24-15-12-23(27)25-19-8-10-20(11-9-19)26-16-13-18(2)14-17-26/h4-11,18,24H,3,12-17H2,1-2H3,(H,25,27). The molecule has 0 aromatic heterocycles. The number of hydrogen-bond acceptors (Lipinski definition) is 4. The molecule has 0 unspecified atom stereocenters. The number of nitrogens with one attached hydrogen (secondary N) is 2. The molecule has 1 aliphatic heterocycles. The van der Waals surface area contributed by atoms with Gasteiger partial charge in [-0.1, -0.05) is 19.1 Å². The zero-order chi connectivity index (χ0) is 19.8. The number of nitrogens with zero attached hydrogens (tertiary/aromatic N) is 1. The van der Waals surface area contributed by atoms with Gasteiger partial charge >= 0.3 is 0 Å². The number of hydrogen-bond donors (Lipinski definition) is 2. The molecular formula is C23H31N3O2. The lowest BCUT2D eigenvalue weighted by molar-refractivity contribution is -0.115. The predicted octanol–water partition coefficient (Wildman–Crippen LogP) is 4.76. The first-order chi connectivity index (χ1) is 13.7. The molecule has 1 amide bonds. The van der Waals surface area contributed by atoms with E-state index in [9.17, 15) is 4.79 Å². The molecule has 3 rings (SSSR count). The smallest absolute Gasteiger partial charge is 0.226 e. The number of para-hydroxylation sites is 2. The van der Waals surface area contributed by atoms with Crippen LogP contribution < -0.4 is 20.3 Å². The molecule has 2 aromatic carbocycles. The summed E-state index contributed by atoms with van der Waals surface area (Å²) < 4.78 is 5.59. The third-order valence-corrected chi connectivity index (χ3v) is 5.15. The Morgan fingerprint density at radius 2 is 1.82 bits per heavy atom. The summed E-state index contributed by atoms with van der Waals surface area (Å²) in [4.78, 5) is 14.7. The summed E-state index contributed by atoms with van der Waals surface area (Å²) in [6.07, 6.45) is 2.89. The Kier molecular flexibility index (Phi) is 7.18. The topological polar surface area (TPSA) is 53.6 Å². The Hall–Kier alpha value is -2.69. The van der Waals surface area contributed by atoms with Crippen LogP contribution in [0.1, 0.15) is 33.1 Å². The molecule has 5 heteroatoms. The lowest BCUT2D eigenvalue weighted by Crippen LogP contribution is -2.32. The molecule has 0 radical (unpaired) electrons. The second-order valence-electron chi connectivity index (χ2n) is 7.37. The molecule has 1 heterocycles. The molecule has 0 bridgehead atoms. The maximum atomic E-state index is 12.2. The van der Waals surface area contributed by atoms with Gasteiger partial charge in [-0.3, -0.25) is 4.79 Å². The van der Waals surface area contributed by atoms with Crippen LogP contribution in [0.5, 0.6) is 5.75 Å². The first-order valence-electron chi connectivity index (χ1n) is 10.3. The number of ether oxygens (including phenoxy) is 1. The molecule has 0 atom stereocenters. The van der Waals surface area contributed by atoms with E-state index in [1.165, 1.54) is 18.5 Å². The minimum Gasteiger partial charge on any atom is -0.492 e. The highest BCUT2D eigenvalue weighted by Crippen LogP contribution is 2.25. The molecule has 0 aliphatic carbocycles. The predicted molar refractivity (Wildman–Crippen MR) is 116 cm³/mol. The van der Waals surface area contributed by atoms with Crippen LogP contribution in [0.4, 0.5) is 17.1 Å². The SMILES string of the molecule is CCOc1ccccc1NCCC(=O)Nc1ccc(N2CCC(C)CC2)cc1. The van der Waals surface area contributed by atoms with Crippen LogP contribution in [-0.4, -0.2) is 32.1 Å². The zero-order valence-corrected chi connectivity index (χ0v) is 16.9. The number of amides is 1. The van der Waals surface area contributed by atoms with Crippen molar-refractivity contribution in [2.75, 3.05) is 41.8 Å². The van der Waals surface area contributed by atoms with Crippen LogP contribution in [0.2, 0.25) is 0 Å². The summed E-state index contributed by atoms with van der Waals surface area (Å²) in [5, 5.41) is 6.25. The van der Waals surface area contributed by atoms with Gasteiger partial charge in [0.1, 0.15) is 5.75 Å². The number of piperidine rings is 1. The average Bonchev–Trinajstić information content (AvgIpc) is 2.71. The van der Waals surface area contributed by atoms with E-state index in [0.717, 1.165) is 36.1 Å². The molecule has 2 aromatic rings. The first-order valence-corrected chi connectivity index (χ1v) is 10.3. The van der Waals surface area contributed by atoms with Gasteiger partial charge in [-0.05, 0) is 62.1 Å². The van der Waals surface area contributed by atoms with Crippen LogP contribution in [0.3, 0.4) is 0 Å². The monoisotopic (exact) mass is 381 g/mol. The minimum atomic E-state index is 0.000869. The highest BCUT2D eigenvalue weighted by atomic mass is 16.5. The number of rotatable bonds is 8. The second kappa shape index (κ2) is 10.0. The van der Waals surface area contributed by atoms with Crippen molar-refractivity contribution in [3.05, 3.63) is 48.5 Å². The number of anilines is 3. The van der Waals surface area contributed by atoms with Gasteiger partial charge in [-0.15, -0.1) is 0 Å². The molecule has 0 spiro atoms. The van der Waals surface area contributed by atoms with E-state index in [1.807, 2.05) is 43.3 Å². The van der Waals surface area contributed by atoms with Crippen molar-refractivity contribution in [3.8, 4) is 5.75 Å². The quantitative estimate of drug-likeness (QED) is 0.692. The lowest BCUT2D eigenvalue weighted by atomic mass is 9.99. The summed E-state index contributed by atoms with van der Waals surface area (Å²) in [6, 6.07) is 16.0. The van der Waals surface area contributed by atoms with Crippen molar-refractivity contribution in [2.24, 2.45) is 5.92 Å². The van der Waals surface area contributed by atoms with Crippen molar-refractivity contribution in [1.82, 2.24) is 0 Å². The van der Waals surface area contributed by atoms with Crippen molar-refractivity contribution in [1.29, 1.82) is 0 Å². The van der Waals surface area contributed by atoms with Crippen LogP contribution in [0.15, 0.2) is 48.5 Å². The van der Waals surface area contributed by atoms with Gasteiger partial charge in [-0.25, -0.2) is 0 Å². The van der Waals surface area contributed by atoms with Crippen molar-refractivity contribution < 1.29 is 9.53 Å². The van der Waals surface area contributed by atoms with Gasteiger partial charge in [0.15, 0.2) is 0 Å². The Morgan fingerprint density at radius 1 is 1.11 bits per heavy atom. The Morgan fingerprint density at radius 3 is 2.54 bits per heavy atom. The number of benzene rings is 2. The molecule has 5 nitrogen and oxygen atoms in total. The first kappa shape index (κ1) is 20.1. The summed E-state index contributed by atoms with van der Waals surface area (Å²) >= 11 is 0. The van der Waals surface area contributed by atoms with Crippen molar-refractivity contribution in [3.63, 3.8) is 0 Å². The minimum absolute atomic E-state index is 0.000869. The van der Waals surface area contributed by atoms with Crippen LogP contribution in [0, 0.1) is 5.92 Å². The molecular weight excluding hydrogens is 350 g/mol. The lowest BCUT2D eigenvalue weighted by Gasteiger charge is -2.32. The summed E-state index contributed by atoms with van der Waals surface area (Å²) in [7, 11) is 0. The van der Waals surface area contributed by atoms with Crippen LogP contribution in [0.25, 0.3) is 0 Å². The van der Waals surface area contributed by atoms with Gasteiger partial charge in [-0.2, -0.15) is 0 Å². The summed E-state index contributed by atoms with van der Waals surface area (Å²) in [5.41, 5.74) is 2.99. The Labute approximate surface area is 168 Å². The van der Waals surface area contributed by atoms with Crippen LogP contribution >= 0.6 is 0 Å². The number of carbonyl (C=O) groups excluding carboxylic acids is 1. The van der Waals surface area contributed by atoms with E-state index in [1.54, 1.807) is 0 Å². The van der Waals surface area contributed by atoms with Crippen molar-refractivity contribution >= 4 is 23.0 Å². The maximum absolute atomic E-state index is 12.2. The zero-order valence-electron chi connectivity index (χ0n) is 16.9. The third-order valence-electron chi connectivity index (χ3n) is 5.15. The van der Waals surface area contributed by atoms with E-state index in [0.29, 0.717) is 19.6 Å². The molecule has 1 saturated heterocycles. The maximum Gasteiger partial charge on any atom is 0.226 e. The van der Waals surface area contributed by atoms with Crippen LogP contribution in [-0.2, 0) is 4.79 Å². The molecule has 2 N–H and O–H groups in total. The number of carbonyl (C=O) groups is 1. The Balaban J connectivity index is 1.45. The van der Waals surface area contributed by atoms with Gasteiger partial charge in [0, 0.05) is 37.4 Å². The van der Waals surface area contributed by atoms with E-state index in [-0.39, 0.29) is 5.91 Å². The van der Waals surface area contributed by atoms with Gasteiger partial charge < -0.3 is 20.3 Å². The largest absolute Gasteiger partial charge is 0.492 e. The molecule has 150 valence electrons. The highest BCUT2D eigenvalue weighted by molar-refractivity contribution is 5.91. The molecule has 1 fully saturated rings. The van der Waals surface area contributed by atoms with Crippen molar-refractivity contribution in [2.45, 2.75) is 33.1 Å². The highest BCUT2D eigenvalue weighted by Gasteiger charge is 2.15. The van der Waals surface area contributed by atoms with Gasteiger partial charge in [0.25, 0.3) is 0 Å². The Bertz CT molecular complexity index is 753.